The summed E-state index contributed by atoms with van der Waals surface area (Å²) >= 11 is 3.03. The fourth-order valence-corrected chi connectivity index (χ4v) is 6.18. The van der Waals surface area contributed by atoms with E-state index in [-0.39, 0.29) is 18.0 Å². The quantitative estimate of drug-likeness (QED) is 0.313. The second kappa shape index (κ2) is 10.4. The van der Waals surface area contributed by atoms with Gasteiger partial charge in [0.1, 0.15) is 10.3 Å². The summed E-state index contributed by atoms with van der Waals surface area (Å²) in [7, 11) is 0. The number of nitrogens with one attached hydrogen (secondary N) is 1. The third-order valence-corrected chi connectivity index (χ3v) is 7.77. The van der Waals surface area contributed by atoms with Gasteiger partial charge in [-0.05, 0) is 62.8 Å². The zero-order valence-electron chi connectivity index (χ0n) is 18.3. The van der Waals surface area contributed by atoms with E-state index in [9.17, 15) is 9.59 Å². The number of thioether (sulfide) groups is 1. The van der Waals surface area contributed by atoms with E-state index in [4.69, 9.17) is 4.74 Å². The van der Waals surface area contributed by atoms with Crippen molar-refractivity contribution in [3.05, 3.63) is 82.2 Å². The highest BCUT2D eigenvalue weighted by Gasteiger charge is 2.30. The number of carbonyl (C=O) groups excluding carboxylic acids is 2. The Morgan fingerprint density at radius 1 is 0.969 bits per heavy atom. The van der Waals surface area contributed by atoms with Crippen molar-refractivity contribution >= 4 is 40.0 Å². The molecule has 2 aromatic carbocycles. The van der Waals surface area contributed by atoms with Crippen LogP contribution in [0.5, 0.6) is 0 Å². The smallest absolute Gasteiger partial charge is 0.341 e. The number of carbonyl (C=O) groups is 2. The van der Waals surface area contributed by atoms with Gasteiger partial charge in [0.2, 0.25) is 5.91 Å². The molecule has 3 aromatic rings. The minimum absolute atomic E-state index is 0.137. The summed E-state index contributed by atoms with van der Waals surface area (Å²) in [6, 6.07) is 19.7. The molecule has 1 unspecified atom stereocenters. The second-order valence-corrected chi connectivity index (χ2v) is 10.4. The standard InChI is InChI=1S/C26H27NO3S2/c1-17(2)30-26(29)22-20-15-9-10-16-21(20)32-25(22)27-24(28)23(18-11-5-3-6-12-18)31-19-13-7-4-8-14-19/h3-8,11-14,17,23H,9-10,15-16H2,1-2H3,(H,27,28). The molecule has 4 nitrogen and oxygen atoms in total. The molecule has 1 aliphatic carbocycles. The van der Waals surface area contributed by atoms with Crippen LogP contribution < -0.4 is 5.32 Å². The largest absolute Gasteiger partial charge is 0.459 e. The monoisotopic (exact) mass is 465 g/mol. The van der Waals surface area contributed by atoms with Crippen LogP contribution in [0.1, 0.15) is 58.3 Å². The van der Waals surface area contributed by atoms with Gasteiger partial charge in [0, 0.05) is 9.77 Å². The van der Waals surface area contributed by atoms with Gasteiger partial charge in [-0.25, -0.2) is 4.79 Å². The van der Waals surface area contributed by atoms with Gasteiger partial charge in [0.15, 0.2) is 0 Å². The predicted molar refractivity (Wildman–Crippen MR) is 132 cm³/mol. The fourth-order valence-electron chi connectivity index (χ4n) is 3.86. The second-order valence-electron chi connectivity index (χ2n) is 8.08. The van der Waals surface area contributed by atoms with Crippen LogP contribution in [-0.4, -0.2) is 18.0 Å². The molecule has 0 bridgehead atoms. The Labute approximate surface area is 197 Å². The molecule has 0 spiro atoms. The highest BCUT2D eigenvalue weighted by molar-refractivity contribution is 8.00. The molecule has 0 saturated heterocycles. The first-order valence-corrected chi connectivity index (χ1v) is 12.7. The van der Waals surface area contributed by atoms with Gasteiger partial charge in [0.05, 0.1) is 11.7 Å². The van der Waals surface area contributed by atoms with Crippen molar-refractivity contribution in [1.29, 1.82) is 0 Å². The molecule has 4 rings (SSSR count). The Hall–Kier alpha value is -2.57. The lowest BCUT2D eigenvalue weighted by atomic mass is 9.95. The van der Waals surface area contributed by atoms with Crippen molar-refractivity contribution in [3.8, 4) is 0 Å². The molecule has 1 N–H and O–H groups in total. The summed E-state index contributed by atoms with van der Waals surface area (Å²) in [5.41, 5.74) is 2.52. The predicted octanol–water partition coefficient (Wildman–Crippen LogP) is 6.66. The minimum atomic E-state index is -0.438. The van der Waals surface area contributed by atoms with Gasteiger partial charge in [0.25, 0.3) is 0 Å². The Bertz CT molecular complexity index is 1080. The number of hydrogen-bond acceptors (Lipinski definition) is 5. The third-order valence-electron chi connectivity index (χ3n) is 5.29. The molecule has 0 fully saturated rings. The maximum Gasteiger partial charge on any atom is 0.341 e. The van der Waals surface area contributed by atoms with Crippen LogP contribution in [0.25, 0.3) is 0 Å². The molecular weight excluding hydrogens is 438 g/mol. The number of esters is 1. The molecule has 0 saturated carbocycles. The number of ether oxygens (including phenoxy) is 1. The van der Waals surface area contributed by atoms with Crippen LogP contribution >= 0.6 is 23.1 Å². The lowest BCUT2D eigenvalue weighted by Gasteiger charge is -2.18. The summed E-state index contributed by atoms with van der Waals surface area (Å²) in [6.07, 6.45) is 3.74. The van der Waals surface area contributed by atoms with Crippen molar-refractivity contribution in [2.24, 2.45) is 0 Å². The van der Waals surface area contributed by atoms with Gasteiger partial charge in [-0.2, -0.15) is 0 Å². The Kier molecular flexibility index (Phi) is 7.33. The number of anilines is 1. The molecular formula is C26H27NO3S2. The number of aryl methyl sites for hydroxylation is 1. The number of hydrogen-bond donors (Lipinski definition) is 1. The normalized spacial score (nSPS) is 14.0. The van der Waals surface area contributed by atoms with Crippen LogP contribution in [-0.2, 0) is 22.4 Å². The van der Waals surface area contributed by atoms with Gasteiger partial charge >= 0.3 is 5.97 Å². The molecule has 1 heterocycles. The van der Waals surface area contributed by atoms with Crippen molar-refractivity contribution in [1.82, 2.24) is 0 Å². The summed E-state index contributed by atoms with van der Waals surface area (Å²) in [4.78, 5) is 28.7. The van der Waals surface area contributed by atoms with E-state index < -0.39 is 5.25 Å². The summed E-state index contributed by atoms with van der Waals surface area (Å²) in [5.74, 6) is -0.482. The zero-order chi connectivity index (χ0) is 22.5. The van der Waals surface area contributed by atoms with Crippen molar-refractivity contribution in [2.45, 2.75) is 55.8 Å². The first-order chi connectivity index (χ1) is 15.5. The number of benzene rings is 2. The number of rotatable bonds is 7. The average Bonchev–Trinajstić information content (AvgIpc) is 3.16. The molecule has 6 heteroatoms. The molecule has 166 valence electrons. The molecule has 1 aliphatic rings. The van der Waals surface area contributed by atoms with E-state index in [1.165, 1.54) is 28.0 Å². The third kappa shape index (κ3) is 5.25. The van der Waals surface area contributed by atoms with E-state index in [1.54, 1.807) is 0 Å². The zero-order valence-corrected chi connectivity index (χ0v) is 19.9. The summed E-state index contributed by atoms with van der Waals surface area (Å²) in [6.45, 7) is 3.69. The molecule has 1 aromatic heterocycles. The number of amides is 1. The number of thiophene rings is 1. The lowest BCUT2D eigenvalue weighted by Crippen LogP contribution is -2.21. The van der Waals surface area contributed by atoms with Crippen LogP contribution in [0.2, 0.25) is 0 Å². The van der Waals surface area contributed by atoms with Crippen LogP contribution in [0.4, 0.5) is 5.00 Å². The van der Waals surface area contributed by atoms with E-state index in [2.05, 4.69) is 5.32 Å². The first-order valence-electron chi connectivity index (χ1n) is 11.0. The van der Waals surface area contributed by atoms with Crippen LogP contribution in [0, 0.1) is 0 Å². The van der Waals surface area contributed by atoms with Gasteiger partial charge in [-0.15, -0.1) is 23.1 Å². The van der Waals surface area contributed by atoms with Crippen molar-refractivity contribution in [3.63, 3.8) is 0 Å². The summed E-state index contributed by atoms with van der Waals surface area (Å²) in [5, 5.41) is 3.27. The maximum absolute atomic E-state index is 13.5. The molecule has 1 atom stereocenters. The van der Waals surface area contributed by atoms with E-state index in [1.807, 2.05) is 74.5 Å². The van der Waals surface area contributed by atoms with Gasteiger partial charge < -0.3 is 10.1 Å². The van der Waals surface area contributed by atoms with E-state index >= 15 is 0 Å². The maximum atomic E-state index is 13.5. The molecule has 0 aliphatic heterocycles. The first kappa shape index (κ1) is 22.6. The van der Waals surface area contributed by atoms with Gasteiger partial charge in [-0.1, -0.05) is 48.5 Å². The lowest BCUT2D eigenvalue weighted by molar-refractivity contribution is -0.115. The Morgan fingerprint density at radius 3 is 2.31 bits per heavy atom. The molecule has 0 radical (unpaired) electrons. The molecule has 32 heavy (non-hydrogen) atoms. The fraction of sp³-hybridized carbons (Fsp3) is 0.308. The Balaban J connectivity index is 1.66. The van der Waals surface area contributed by atoms with Crippen LogP contribution in [0.15, 0.2) is 65.6 Å². The van der Waals surface area contributed by atoms with E-state index in [0.29, 0.717) is 10.6 Å². The Morgan fingerprint density at radius 2 is 1.62 bits per heavy atom. The highest BCUT2D eigenvalue weighted by Crippen LogP contribution is 2.41. The van der Waals surface area contributed by atoms with Crippen LogP contribution in [0.3, 0.4) is 0 Å². The highest BCUT2D eigenvalue weighted by atomic mass is 32.2. The number of fused-ring (bicyclic) bond motifs is 1. The SMILES string of the molecule is CC(C)OC(=O)c1c(NC(=O)C(Sc2ccccc2)c2ccccc2)sc2c1CCCC2. The van der Waals surface area contributed by atoms with Crippen molar-refractivity contribution < 1.29 is 14.3 Å². The topological polar surface area (TPSA) is 55.4 Å². The average molecular weight is 466 g/mol. The van der Waals surface area contributed by atoms with E-state index in [0.717, 1.165) is 41.7 Å². The van der Waals surface area contributed by atoms with Crippen molar-refractivity contribution in [2.75, 3.05) is 5.32 Å². The summed E-state index contributed by atoms with van der Waals surface area (Å²) < 4.78 is 5.53. The molecule has 1 amide bonds. The van der Waals surface area contributed by atoms with Gasteiger partial charge in [-0.3, -0.25) is 4.79 Å². The minimum Gasteiger partial charge on any atom is -0.459 e.